The van der Waals surface area contributed by atoms with Crippen LogP contribution < -0.4 is 20.5 Å². The van der Waals surface area contributed by atoms with Gasteiger partial charge in [-0.25, -0.2) is 0 Å². The molecule has 3 rings (SSSR count). The van der Waals surface area contributed by atoms with Crippen molar-refractivity contribution in [3.63, 3.8) is 0 Å². The molecular weight excluding hydrogens is 292 g/mol. The molecule has 0 radical (unpaired) electrons. The lowest BCUT2D eigenvalue weighted by Crippen LogP contribution is -2.48. The Balaban J connectivity index is 1.67. The van der Waals surface area contributed by atoms with Crippen molar-refractivity contribution in [2.45, 2.75) is 38.1 Å². The number of anilines is 1. The summed E-state index contributed by atoms with van der Waals surface area (Å²) in [5, 5.41) is 3.03. The number of nitrogens with two attached hydrogens (primary N) is 1. The zero-order valence-corrected chi connectivity index (χ0v) is 13.9. The maximum absolute atomic E-state index is 12.6. The Morgan fingerprint density at radius 1 is 1.13 bits per heavy atom. The Morgan fingerprint density at radius 2 is 1.78 bits per heavy atom. The summed E-state index contributed by atoms with van der Waals surface area (Å²) < 4.78 is 10.5. The molecule has 23 heavy (non-hydrogen) atoms. The van der Waals surface area contributed by atoms with Crippen LogP contribution >= 0.6 is 0 Å². The molecule has 126 valence electrons. The minimum Gasteiger partial charge on any atom is -0.493 e. The molecule has 0 saturated heterocycles. The van der Waals surface area contributed by atoms with Crippen LogP contribution in [0.15, 0.2) is 18.2 Å². The predicted molar refractivity (Wildman–Crippen MR) is 89.7 cm³/mol. The van der Waals surface area contributed by atoms with Crippen LogP contribution in [0.1, 0.15) is 32.1 Å². The number of ether oxygens (including phenoxy) is 2. The van der Waals surface area contributed by atoms with Gasteiger partial charge in [0.15, 0.2) is 11.5 Å². The third-order valence-electron chi connectivity index (χ3n) is 5.43. The summed E-state index contributed by atoms with van der Waals surface area (Å²) in [5.41, 5.74) is 7.05. The van der Waals surface area contributed by atoms with Gasteiger partial charge in [-0.15, -0.1) is 0 Å². The molecule has 0 aromatic heterocycles. The number of benzene rings is 1. The summed E-state index contributed by atoms with van der Waals surface area (Å²) in [7, 11) is 3.19. The summed E-state index contributed by atoms with van der Waals surface area (Å²) in [4.78, 5) is 12.6. The van der Waals surface area contributed by atoms with Gasteiger partial charge in [-0.2, -0.15) is 0 Å². The molecule has 1 amide bonds. The number of rotatable bonds is 4. The van der Waals surface area contributed by atoms with E-state index in [0.717, 1.165) is 31.4 Å². The molecule has 2 atom stereocenters. The van der Waals surface area contributed by atoms with Gasteiger partial charge in [0.1, 0.15) is 0 Å². The van der Waals surface area contributed by atoms with Crippen molar-refractivity contribution in [1.82, 2.24) is 0 Å². The molecule has 0 aliphatic heterocycles. The molecule has 2 fully saturated rings. The van der Waals surface area contributed by atoms with Crippen LogP contribution in [-0.4, -0.2) is 26.2 Å². The van der Waals surface area contributed by atoms with E-state index in [9.17, 15) is 4.79 Å². The zero-order valence-electron chi connectivity index (χ0n) is 13.9. The lowest BCUT2D eigenvalue weighted by molar-refractivity contribution is -0.122. The van der Waals surface area contributed by atoms with Crippen molar-refractivity contribution in [3.8, 4) is 11.5 Å². The van der Waals surface area contributed by atoms with E-state index in [1.54, 1.807) is 26.4 Å². The van der Waals surface area contributed by atoms with Gasteiger partial charge in [0.2, 0.25) is 5.91 Å². The van der Waals surface area contributed by atoms with Gasteiger partial charge in [-0.3, -0.25) is 4.79 Å². The van der Waals surface area contributed by atoms with Gasteiger partial charge in [-0.1, -0.05) is 6.42 Å². The number of carbonyl (C=O) groups excluding carboxylic acids is 1. The van der Waals surface area contributed by atoms with Crippen molar-refractivity contribution in [3.05, 3.63) is 18.2 Å². The molecule has 2 bridgehead atoms. The number of hydrogen-bond donors (Lipinski definition) is 2. The highest BCUT2D eigenvalue weighted by molar-refractivity contribution is 5.93. The third kappa shape index (κ3) is 3.29. The van der Waals surface area contributed by atoms with Crippen LogP contribution in [0.25, 0.3) is 0 Å². The Morgan fingerprint density at radius 3 is 2.39 bits per heavy atom. The molecule has 2 saturated carbocycles. The van der Waals surface area contributed by atoms with Gasteiger partial charge < -0.3 is 20.5 Å². The molecule has 0 heterocycles. The van der Waals surface area contributed by atoms with E-state index >= 15 is 0 Å². The van der Waals surface area contributed by atoms with Gasteiger partial charge in [0.05, 0.1) is 14.2 Å². The minimum absolute atomic E-state index is 0.0678. The van der Waals surface area contributed by atoms with E-state index in [2.05, 4.69) is 5.32 Å². The number of hydrogen-bond acceptors (Lipinski definition) is 4. The molecule has 2 aliphatic rings. The number of carbonyl (C=O) groups is 1. The van der Waals surface area contributed by atoms with Gasteiger partial charge >= 0.3 is 0 Å². The molecule has 1 aromatic rings. The smallest absolute Gasteiger partial charge is 0.227 e. The molecular formula is C18H26N2O3. The summed E-state index contributed by atoms with van der Waals surface area (Å²) in [6, 6.07) is 5.73. The fraction of sp³-hybridized carbons (Fsp3) is 0.611. The average Bonchev–Trinajstić information content (AvgIpc) is 2.54. The number of methoxy groups -OCH3 is 2. The normalized spacial score (nSPS) is 29.7. The van der Waals surface area contributed by atoms with Crippen molar-refractivity contribution in [2.75, 3.05) is 19.5 Å². The number of amides is 1. The molecule has 5 nitrogen and oxygen atoms in total. The van der Waals surface area contributed by atoms with Crippen LogP contribution in [0.5, 0.6) is 11.5 Å². The second-order valence-electron chi connectivity index (χ2n) is 6.76. The Hall–Kier alpha value is -1.75. The highest BCUT2D eigenvalue weighted by Crippen LogP contribution is 2.42. The van der Waals surface area contributed by atoms with Gasteiger partial charge in [-0.05, 0) is 49.7 Å². The van der Waals surface area contributed by atoms with Crippen molar-refractivity contribution in [1.29, 1.82) is 0 Å². The molecule has 0 spiro atoms. The van der Waals surface area contributed by atoms with Crippen LogP contribution in [0.3, 0.4) is 0 Å². The Bertz CT molecular complexity index is 561. The monoisotopic (exact) mass is 318 g/mol. The van der Waals surface area contributed by atoms with Crippen LogP contribution in [-0.2, 0) is 4.79 Å². The molecule has 1 aromatic carbocycles. The first kappa shape index (κ1) is 16.1. The fourth-order valence-corrected chi connectivity index (χ4v) is 4.16. The van der Waals surface area contributed by atoms with E-state index in [1.165, 1.54) is 6.42 Å². The highest BCUT2D eigenvalue weighted by atomic mass is 16.5. The lowest BCUT2D eigenvalue weighted by atomic mass is 9.65. The Kier molecular flexibility index (Phi) is 4.76. The number of fused-ring (bicyclic) bond motifs is 2. The Labute approximate surface area is 137 Å². The van der Waals surface area contributed by atoms with E-state index in [4.69, 9.17) is 15.2 Å². The minimum atomic E-state index is 0.0678. The first-order valence-electron chi connectivity index (χ1n) is 8.41. The maximum Gasteiger partial charge on any atom is 0.227 e. The predicted octanol–water partition coefficient (Wildman–Crippen LogP) is 2.80. The topological polar surface area (TPSA) is 73.6 Å². The standard InChI is InChI=1S/C18H26N2O3/c1-22-15-7-6-14(10-16(15)23-2)20-18(21)13-8-11-4-3-5-12(9-13)17(11)19/h6-7,10-13,17H,3-5,8-9,19H2,1-2H3,(H,20,21). The molecule has 2 aliphatic carbocycles. The third-order valence-corrected chi connectivity index (χ3v) is 5.43. The SMILES string of the molecule is COc1ccc(NC(=O)C2CC3CCCC(C2)C3N)cc1OC. The fourth-order valence-electron chi connectivity index (χ4n) is 4.16. The van der Waals surface area contributed by atoms with Crippen LogP contribution in [0.4, 0.5) is 5.69 Å². The summed E-state index contributed by atoms with van der Waals surface area (Å²) >= 11 is 0. The largest absolute Gasteiger partial charge is 0.493 e. The second kappa shape index (κ2) is 6.79. The first-order valence-corrected chi connectivity index (χ1v) is 8.41. The molecule has 2 unspecified atom stereocenters. The van der Waals surface area contributed by atoms with Crippen molar-refractivity contribution in [2.24, 2.45) is 23.5 Å². The second-order valence-corrected chi connectivity index (χ2v) is 6.76. The zero-order chi connectivity index (χ0) is 16.4. The average molecular weight is 318 g/mol. The maximum atomic E-state index is 12.6. The highest BCUT2D eigenvalue weighted by Gasteiger charge is 2.40. The van der Waals surface area contributed by atoms with Crippen LogP contribution in [0.2, 0.25) is 0 Å². The molecule has 5 heteroatoms. The van der Waals surface area contributed by atoms with Crippen molar-refractivity contribution < 1.29 is 14.3 Å². The summed E-state index contributed by atoms with van der Waals surface area (Å²) in [5.74, 6) is 2.45. The molecule has 3 N–H and O–H groups in total. The van der Waals surface area contributed by atoms with Crippen LogP contribution in [0, 0.1) is 17.8 Å². The van der Waals surface area contributed by atoms with Crippen molar-refractivity contribution >= 4 is 11.6 Å². The van der Waals surface area contributed by atoms with E-state index in [0.29, 0.717) is 23.3 Å². The number of nitrogens with one attached hydrogen (secondary N) is 1. The lowest BCUT2D eigenvalue weighted by Gasteiger charge is -2.43. The quantitative estimate of drug-likeness (QED) is 0.895. The van der Waals surface area contributed by atoms with E-state index in [-0.39, 0.29) is 17.9 Å². The van der Waals surface area contributed by atoms with Gasteiger partial charge in [0, 0.05) is 23.7 Å². The van der Waals surface area contributed by atoms with E-state index < -0.39 is 0 Å². The first-order chi connectivity index (χ1) is 11.1. The summed E-state index contributed by atoms with van der Waals surface area (Å²) in [6.07, 6.45) is 5.41. The van der Waals surface area contributed by atoms with Gasteiger partial charge in [0.25, 0.3) is 0 Å². The summed E-state index contributed by atoms with van der Waals surface area (Å²) in [6.45, 7) is 0. The van der Waals surface area contributed by atoms with E-state index in [1.807, 2.05) is 6.07 Å².